The summed E-state index contributed by atoms with van der Waals surface area (Å²) in [5.41, 5.74) is 5.56. The number of ether oxygens (including phenoxy) is 2. The number of nitrogens with zero attached hydrogens (tertiary/aromatic N) is 2. The molecule has 0 radical (unpaired) electrons. The fraction of sp³-hybridized carbons (Fsp3) is 0.467. The van der Waals surface area contributed by atoms with Gasteiger partial charge < -0.3 is 20.1 Å². The highest BCUT2D eigenvalue weighted by atomic mass is 19.1. The van der Waals surface area contributed by atoms with Gasteiger partial charge in [0.15, 0.2) is 0 Å². The summed E-state index contributed by atoms with van der Waals surface area (Å²) in [5.74, 6) is -0.523. The minimum Gasteiger partial charge on any atom is -0.491 e. The normalized spacial score (nSPS) is 20.3. The molecule has 0 aliphatic carbocycles. The van der Waals surface area contributed by atoms with Crippen molar-refractivity contribution in [2.45, 2.75) is 6.04 Å². The number of halogens is 1. The van der Waals surface area contributed by atoms with Crippen LogP contribution in [0.15, 0.2) is 18.2 Å². The van der Waals surface area contributed by atoms with E-state index in [-0.39, 0.29) is 36.8 Å². The van der Waals surface area contributed by atoms with Crippen molar-refractivity contribution in [1.29, 1.82) is 0 Å². The first-order chi connectivity index (χ1) is 11.1. The van der Waals surface area contributed by atoms with Crippen LogP contribution in [0.3, 0.4) is 0 Å². The number of piperazine rings is 1. The number of cyclic esters (lactones) is 1. The van der Waals surface area contributed by atoms with Crippen molar-refractivity contribution in [2.75, 3.05) is 39.4 Å². The second-order valence-electron chi connectivity index (χ2n) is 5.45. The van der Waals surface area contributed by atoms with Crippen molar-refractivity contribution >= 4 is 12.0 Å². The zero-order valence-electron chi connectivity index (χ0n) is 12.5. The first-order valence-corrected chi connectivity index (χ1v) is 7.45. The fourth-order valence-electron chi connectivity index (χ4n) is 2.81. The van der Waals surface area contributed by atoms with Crippen LogP contribution in [0.1, 0.15) is 10.4 Å². The number of nitrogens with two attached hydrogens (primary N) is 1. The molecular weight excluding hydrogens is 305 g/mol. The van der Waals surface area contributed by atoms with Crippen molar-refractivity contribution in [3.05, 3.63) is 29.6 Å². The molecule has 3 rings (SSSR count). The second-order valence-corrected chi connectivity index (χ2v) is 5.45. The summed E-state index contributed by atoms with van der Waals surface area (Å²) < 4.78 is 23.9. The minimum atomic E-state index is -0.508. The zero-order valence-corrected chi connectivity index (χ0v) is 12.5. The third-order valence-electron chi connectivity index (χ3n) is 3.95. The van der Waals surface area contributed by atoms with Gasteiger partial charge in [0.25, 0.3) is 5.91 Å². The van der Waals surface area contributed by atoms with Crippen molar-refractivity contribution in [3.63, 3.8) is 0 Å². The molecular formula is C15H18FN3O4. The number of carbonyl (C=O) groups excluding carboxylic acids is 2. The fourth-order valence-corrected chi connectivity index (χ4v) is 2.81. The number of amides is 2. The Hall–Kier alpha value is -2.35. The lowest BCUT2D eigenvalue weighted by molar-refractivity contribution is 0.0612. The number of hydrogen-bond acceptors (Lipinski definition) is 5. The summed E-state index contributed by atoms with van der Waals surface area (Å²) in [7, 11) is 0. The summed E-state index contributed by atoms with van der Waals surface area (Å²) in [5, 5.41) is 0. The summed E-state index contributed by atoms with van der Waals surface area (Å²) in [6.45, 7) is 1.94. The van der Waals surface area contributed by atoms with Crippen LogP contribution in [0.4, 0.5) is 9.18 Å². The van der Waals surface area contributed by atoms with Gasteiger partial charge in [-0.1, -0.05) is 0 Å². The molecule has 1 atom stereocenters. The Kier molecular flexibility index (Phi) is 4.33. The molecule has 0 aromatic heterocycles. The number of carbonyl (C=O) groups is 2. The molecule has 2 N–H and O–H groups in total. The summed E-state index contributed by atoms with van der Waals surface area (Å²) in [6, 6.07) is 3.68. The molecule has 0 bridgehead atoms. The average molecular weight is 323 g/mol. The van der Waals surface area contributed by atoms with E-state index in [2.05, 4.69) is 0 Å². The van der Waals surface area contributed by atoms with Gasteiger partial charge in [0, 0.05) is 26.2 Å². The molecule has 124 valence electrons. The Morgan fingerprint density at radius 1 is 1.43 bits per heavy atom. The average Bonchev–Trinajstić information content (AvgIpc) is 2.93. The topological polar surface area (TPSA) is 85.1 Å². The highest BCUT2D eigenvalue weighted by molar-refractivity contribution is 5.97. The largest absolute Gasteiger partial charge is 0.491 e. The van der Waals surface area contributed by atoms with Crippen LogP contribution in [0.2, 0.25) is 0 Å². The van der Waals surface area contributed by atoms with Crippen molar-refractivity contribution < 1.29 is 23.5 Å². The Morgan fingerprint density at radius 3 is 3.04 bits per heavy atom. The molecule has 23 heavy (non-hydrogen) atoms. The molecule has 2 saturated heterocycles. The first-order valence-electron chi connectivity index (χ1n) is 7.45. The van der Waals surface area contributed by atoms with Gasteiger partial charge in [-0.05, 0) is 18.2 Å². The van der Waals surface area contributed by atoms with Gasteiger partial charge >= 0.3 is 6.09 Å². The van der Waals surface area contributed by atoms with E-state index in [0.29, 0.717) is 31.9 Å². The number of hydrogen-bond donors (Lipinski definition) is 1. The summed E-state index contributed by atoms with van der Waals surface area (Å²) >= 11 is 0. The van der Waals surface area contributed by atoms with Gasteiger partial charge in [-0.3, -0.25) is 9.69 Å². The van der Waals surface area contributed by atoms with Crippen LogP contribution >= 0.6 is 0 Å². The second kappa shape index (κ2) is 6.41. The SMILES string of the molecule is NCCOc1ccc(F)cc1C(=O)N1CCN2C(=O)OCC2C1. The van der Waals surface area contributed by atoms with E-state index in [1.54, 1.807) is 9.80 Å². The Morgan fingerprint density at radius 2 is 2.26 bits per heavy atom. The van der Waals surface area contributed by atoms with Gasteiger partial charge in [0.1, 0.15) is 24.8 Å². The van der Waals surface area contributed by atoms with E-state index < -0.39 is 5.82 Å². The molecule has 0 saturated carbocycles. The lowest BCUT2D eigenvalue weighted by Crippen LogP contribution is -2.53. The predicted octanol–water partition coefficient (Wildman–Crippen LogP) is 0.440. The van der Waals surface area contributed by atoms with Crippen LogP contribution < -0.4 is 10.5 Å². The number of fused-ring (bicyclic) bond motifs is 1. The van der Waals surface area contributed by atoms with Crippen LogP contribution in [0, 0.1) is 5.82 Å². The highest BCUT2D eigenvalue weighted by Crippen LogP contribution is 2.24. The molecule has 0 spiro atoms. The standard InChI is InChI=1S/C15H18FN3O4/c16-10-1-2-13(22-6-3-17)12(7-10)14(20)18-4-5-19-11(8-18)9-23-15(19)21/h1-2,7,11H,3-6,8-9,17H2. The first kappa shape index (κ1) is 15.5. The predicted molar refractivity (Wildman–Crippen MR) is 78.7 cm³/mol. The molecule has 1 unspecified atom stereocenters. The molecule has 2 heterocycles. The minimum absolute atomic E-state index is 0.151. The molecule has 2 fully saturated rings. The van der Waals surface area contributed by atoms with E-state index in [4.69, 9.17) is 15.2 Å². The third-order valence-corrected chi connectivity index (χ3v) is 3.95. The van der Waals surface area contributed by atoms with E-state index in [0.717, 1.165) is 6.07 Å². The Bertz CT molecular complexity index is 625. The third kappa shape index (κ3) is 3.07. The summed E-state index contributed by atoms with van der Waals surface area (Å²) in [4.78, 5) is 27.4. The lowest BCUT2D eigenvalue weighted by atomic mass is 10.1. The van der Waals surface area contributed by atoms with Gasteiger partial charge in [-0.25, -0.2) is 9.18 Å². The Balaban J connectivity index is 1.77. The molecule has 1 aromatic rings. The zero-order chi connectivity index (χ0) is 16.4. The van der Waals surface area contributed by atoms with E-state index in [1.165, 1.54) is 12.1 Å². The monoisotopic (exact) mass is 323 g/mol. The maximum Gasteiger partial charge on any atom is 0.410 e. The van der Waals surface area contributed by atoms with Gasteiger partial charge in [0.2, 0.25) is 0 Å². The Labute approximate surface area is 132 Å². The van der Waals surface area contributed by atoms with Crippen LogP contribution in [-0.4, -0.2) is 67.2 Å². The molecule has 7 nitrogen and oxygen atoms in total. The molecule has 2 aliphatic rings. The van der Waals surface area contributed by atoms with E-state index in [9.17, 15) is 14.0 Å². The van der Waals surface area contributed by atoms with Gasteiger partial charge in [-0.2, -0.15) is 0 Å². The van der Waals surface area contributed by atoms with Crippen LogP contribution in [0.25, 0.3) is 0 Å². The van der Waals surface area contributed by atoms with Crippen molar-refractivity contribution in [2.24, 2.45) is 5.73 Å². The molecule has 2 amide bonds. The van der Waals surface area contributed by atoms with E-state index >= 15 is 0 Å². The summed E-state index contributed by atoms with van der Waals surface area (Å²) in [6.07, 6.45) is -0.347. The quantitative estimate of drug-likeness (QED) is 0.869. The van der Waals surface area contributed by atoms with Crippen molar-refractivity contribution in [3.8, 4) is 5.75 Å². The highest BCUT2D eigenvalue weighted by Gasteiger charge is 2.39. The van der Waals surface area contributed by atoms with Gasteiger partial charge in [0.05, 0.1) is 11.6 Å². The van der Waals surface area contributed by atoms with Crippen LogP contribution in [0.5, 0.6) is 5.75 Å². The van der Waals surface area contributed by atoms with Gasteiger partial charge in [-0.15, -0.1) is 0 Å². The van der Waals surface area contributed by atoms with Crippen molar-refractivity contribution in [1.82, 2.24) is 9.80 Å². The molecule has 1 aromatic carbocycles. The number of benzene rings is 1. The molecule has 2 aliphatic heterocycles. The maximum absolute atomic E-state index is 13.5. The number of rotatable bonds is 4. The maximum atomic E-state index is 13.5. The molecule has 8 heteroatoms. The van der Waals surface area contributed by atoms with E-state index in [1.807, 2.05) is 0 Å². The van der Waals surface area contributed by atoms with Crippen LogP contribution in [-0.2, 0) is 4.74 Å². The smallest absolute Gasteiger partial charge is 0.410 e. The lowest BCUT2D eigenvalue weighted by Gasteiger charge is -2.35.